The zero-order valence-electron chi connectivity index (χ0n) is 24.8. The van der Waals surface area contributed by atoms with Gasteiger partial charge in [0.05, 0.1) is 11.5 Å². The number of carbonyl (C=O) groups excluding carboxylic acids is 1. The Hall–Kier alpha value is -2.56. The second-order valence-corrected chi connectivity index (χ2v) is 14.0. The molecule has 0 saturated heterocycles. The van der Waals surface area contributed by atoms with Crippen molar-refractivity contribution < 1.29 is 14.7 Å². The lowest BCUT2D eigenvalue weighted by atomic mass is 9.76. The number of amides is 1. The first kappa shape index (κ1) is 28.4. The van der Waals surface area contributed by atoms with E-state index in [1.54, 1.807) is 0 Å². The first-order valence-electron chi connectivity index (χ1n) is 14.6. The number of benzene rings is 1. The molecular weight excluding hydrogens is 472 g/mol. The van der Waals surface area contributed by atoms with Crippen LogP contribution < -0.4 is 5.32 Å². The highest BCUT2D eigenvalue weighted by Crippen LogP contribution is 2.40. The zero-order chi connectivity index (χ0) is 28.0. The van der Waals surface area contributed by atoms with Crippen molar-refractivity contribution in [2.24, 2.45) is 11.8 Å². The van der Waals surface area contributed by atoms with Crippen molar-refractivity contribution in [1.82, 2.24) is 9.88 Å². The summed E-state index contributed by atoms with van der Waals surface area (Å²) < 4.78 is 2.41. The summed E-state index contributed by atoms with van der Waals surface area (Å²) >= 11 is 0. The molecule has 2 N–H and O–H groups in total. The molecule has 2 aliphatic carbocycles. The number of nitrogens with one attached hydrogen (secondary N) is 1. The van der Waals surface area contributed by atoms with Crippen molar-refractivity contribution in [3.8, 4) is 11.3 Å². The standard InChI is InChI=1S/C33H48N2O3/c1-20-26(16-24(32(3,4)5)17-28(20)33(6,7)8)29-18-27(30(36)34-25-14-23(15-25)31(37)38)21(2)35(29)19-22-12-10-9-11-13-22/h16-18,22-23,25H,9-15,19H2,1-8H3,(H,34,36)(H,37,38)/t23-,25-. The normalized spacial score (nSPS) is 20.7. The molecule has 208 valence electrons. The van der Waals surface area contributed by atoms with Crippen LogP contribution in [0.5, 0.6) is 0 Å². The Morgan fingerprint density at radius 2 is 1.58 bits per heavy atom. The van der Waals surface area contributed by atoms with E-state index in [0.717, 1.165) is 17.9 Å². The van der Waals surface area contributed by atoms with Gasteiger partial charge in [0.15, 0.2) is 0 Å². The van der Waals surface area contributed by atoms with Crippen LogP contribution in [0.2, 0.25) is 0 Å². The van der Waals surface area contributed by atoms with Gasteiger partial charge < -0.3 is 15.0 Å². The van der Waals surface area contributed by atoms with E-state index in [1.807, 2.05) is 0 Å². The molecule has 1 heterocycles. The summed E-state index contributed by atoms with van der Waals surface area (Å²) in [6.45, 7) is 18.9. The molecule has 5 heteroatoms. The van der Waals surface area contributed by atoms with E-state index in [-0.39, 0.29) is 28.7 Å². The van der Waals surface area contributed by atoms with E-state index in [1.165, 1.54) is 54.4 Å². The average Bonchev–Trinajstić information content (AvgIpc) is 3.10. The van der Waals surface area contributed by atoms with Crippen LogP contribution in [0.15, 0.2) is 18.2 Å². The quantitative estimate of drug-likeness (QED) is 0.413. The molecule has 0 unspecified atom stereocenters. The van der Waals surface area contributed by atoms with Crippen LogP contribution in [0.4, 0.5) is 0 Å². The van der Waals surface area contributed by atoms with E-state index < -0.39 is 5.97 Å². The molecule has 0 atom stereocenters. The Bertz CT molecular complexity index is 1200. The maximum atomic E-state index is 13.5. The molecule has 0 spiro atoms. The number of hydrogen-bond acceptors (Lipinski definition) is 2. The third kappa shape index (κ3) is 5.87. The Balaban J connectivity index is 1.80. The fourth-order valence-corrected chi connectivity index (χ4v) is 6.35. The smallest absolute Gasteiger partial charge is 0.306 e. The van der Waals surface area contributed by atoms with E-state index >= 15 is 0 Å². The Kier molecular flexibility index (Phi) is 7.89. The summed E-state index contributed by atoms with van der Waals surface area (Å²) in [6, 6.07) is 6.76. The lowest BCUT2D eigenvalue weighted by molar-refractivity contribution is -0.145. The fourth-order valence-electron chi connectivity index (χ4n) is 6.35. The molecule has 0 bridgehead atoms. The number of hydrogen-bond donors (Lipinski definition) is 2. The number of rotatable bonds is 6. The van der Waals surface area contributed by atoms with Gasteiger partial charge in [0.25, 0.3) is 5.91 Å². The monoisotopic (exact) mass is 520 g/mol. The van der Waals surface area contributed by atoms with Crippen LogP contribution >= 0.6 is 0 Å². The molecule has 1 amide bonds. The summed E-state index contributed by atoms with van der Waals surface area (Å²) in [5, 5.41) is 12.4. The molecule has 2 saturated carbocycles. The number of carboxylic acid groups (broad SMARTS) is 1. The van der Waals surface area contributed by atoms with E-state index in [4.69, 9.17) is 0 Å². The lowest BCUT2D eigenvalue weighted by Crippen LogP contribution is -2.46. The molecule has 1 aromatic heterocycles. The van der Waals surface area contributed by atoms with E-state index in [2.05, 4.69) is 83.5 Å². The van der Waals surface area contributed by atoms with Gasteiger partial charge in [0, 0.05) is 29.5 Å². The maximum Gasteiger partial charge on any atom is 0.306 e. The molecule has 2 aliphatic rings. The van der Waals surface area contributed by atoms with Gasteiger partial charge in [-0.05, 0) is 85.1 Å². The maximum absolute atomic E-state index is 13.5. The second kappa shape index (κ2) is 10.5. The van der Waals surface area contributed by atoms with Gasteiger partial charge in [-0.15, -0.1) is 0 Å². The number of aromatic nitrogens is 1. The van der Waals surface area contributed by atoms with Crippen molar-refractivity contribution >= 4 is 11.9 Å². The predicted octanol–water partition coefficient (Wildman–Crippen LogP) is 7.54. The molecule has 1 aromatic carbocycles. The van der Waals surface area contributed by atoms with Gasteiger partial charge >= 0.3 is 5.97 Å². The fraction of sp³-hybridized carbons (Fsp3) is 0.636. The number of nitrogens with zero attached hydrogens (tertiary/aromatic N) is 1. The molecular formula is C33H48N2O3. The summed E-state index contributed by atoms with van der Waals surface area (Å²) in [5.41, 5.74) is 8.02. The van der Waals surface area contributed by atoms with Crippen LogP contribution in [0, 0.1) is 25.7 Å². The van der Waals surface area contributed by atoms with Crippen molar-refractivity contribution in [2.45, 2.75) is 124 Å². The number of aliphatic carboxylic acids is 1. The van der Waals surface area contributed by atoms with E-state index in [9.17, 15) is 14.7 Å². The van der Waals surface area contributed by atoms with Crippen LogP contribution in [0.1, 0.15) is 119 Å². The second-order valence-electron chi connectivity index (χ2n) is 14.0. The third-order valence-electron chi connectivity index (χ3n) is 8.96. The molecule has 4 rings (SSSR count). The van der Waals surface area contributed by atoms with E-state index in [0.29, 0.717) is 24.3 Å². The zero-order valence-corrected chi connectivity index (χ0v) is 24.8. The highest BCUT2D eigenvalue weighted by Gasteiger charge is 2.36. The summed E-state index contributed by atoms with van der Waals surface area (Å²) in [4.78, 5) is 24.7. The minimum Gasteiger partial charge on any atom is -0.481 e. The average molecular weight is 521 g/mol. The summed E-state index contributed by atoms with van der Waals surface area (Å²) in [5.74, 6) is -0.566. The first-order chi connectivity index (χ1) is 17.7. The Labute approximate surface area is 229 Å². The van der Waals surface area contributed by atoms with Crippen molar-refractivity contribution in [1.29, 1.82) is 0 Å². The van der Waals surface area contributed by atoms with Gasteiger partial charge in [-0.3, -0.25) is 9.59 Å². The summed E-state index contributed by atoms with van der Waals surface area (Å²) in [7, 11) is 0. The van der Waals surface area contributed by atoms with Gasteiger partial charge in [-0.25, -0.2) is 0 Å². The predicted molar refractivity (Wildman–Crippen MR) is 155 cm³/mol. The van der Waals surface area contributed by atoms with Crippen LogP contribution in [0.3, 0.4) is 0 Å². The molecule has 0 radical (unpaired) electrons. The minimum atomic E-state index is -0.767. The SMILES string of the molecule is Cc1c(-c2cc(C(=O)N[C@H]3C[C@H](C(=O)O)C3)c(C)n2CC2CCCCC2)cc(C(C)(C)C)cc1C(C)(C)C. The van der Waals surface area contributed by atoms with Crippen LogP contribution in [-0.2, 0) is 22.2 Å². The van der Waals surface area contributed by atoms with Gasteiger partial charge in [-0.2, -0.15) is 0 Å². The molecule has 38 heavy (non-hydrogen) atoms. The topological polar surface area (TPSA) is 71.3 Å². The number of carbonyl (C=O) groups is 2. The minimum absolute atomic E-state index is 0.00103. The molecule has 0 aliphatic heterocycles. The largest absolute Gasteiger partial charge is 0.481 e. The van der Waals surface area contributed by atoms with Crippen molar-refractivity contribution in [3.05, 3.63) is 46.1 Å². The lowest BCUT2D eigenvalue weighted by Gasteiger charge is -2.32. The van der Waals surface area contributed by atoms with Gasteiger partial charge in [0.1, 0.15) is 0 Å². The first-order valence-corrected chi connectivity index (χ1v) is 14.6. The molecule has 5 nitrogen and oxygen atoms in total. The third-order valence-corrected chi connectivity index (χ3v) is 8.96. The molecule has 2 aromatic rings. The van der Waals surface area contributed by atoms with Crippen LogP contribution in [0.25, 0.3) is 11.3 Å². The molecule has 2 fully saturated rings. The highest BCUT2D eigenvalue weighted by atomic mass is 16.4. The van der Waals surface area contributed by atoms with Gasteiger partial charge in [-0.1, -0.05) is 66.9 Å². The van der Waals surface area contributed by atoms with Crippen LogP contribution in [-0.4, -0.2) is 27.6 Å². The Morgan fingerprint density at radius 3 is 2.13 bits per heavy atom. The Morgan fingerprint density at radius 1 is 0.947 bits per heavy atom. The highest BCUT2D eigenvalue weighted by molar-refractivity contribution is 5.97. The number of carboxylic acids is 1. The van der Waals surface area contributed by atoms with Crippen molar-refractivity contribution in [2.75, 3.05) is 0 Å². The summed E-state index contributed by atoms with van der Waals surface area (Å²) in [6.07, 6.45) is 7.40. The van der Waals surface area contributed by atoms with Gasteiger partial charge in [0.2, 0.25) is 0 Å². The van der Waals surface area contributed by atoms with Crippen molar-refractivity contribution in [3.63, 3.8) is 0 Å².